The van der Waals surface area contributed by atoms with E-state index in [0.29, 0.717) is 40.8 Å². The highest BCUT2D eigenvalue weighted by Crippen LogP contribution is 2.31. The SMILES string of the molecule is CC(C)Cn1c(SC(C)C(=O)N2CC(C)CC(C)C2)nnc1-c1ccccc1F. The number of thioether (sulfide) groups is 1. The molecule has 0 bridgehead atoms. The van der Waals surface area contributed by atoms with Gasteiger partial charge in [0.1, 0.15) is 5.82 Å². The summed E-state index contributed by atoms with van der Waals surface area (Å²) in [6.45, 7) is 12.8. The van der Waals surface area contributed by atoms with Gasteiger partial charge in [0.15, 0.2) is 11.0 Å². The molecule has 3 atom stereocenters. The van der Waals surface area contributed by atoms with Gasteiger partial charge < -0.3 is 9.47 Å². The minimum atomic E-state index is -0.318. The van der Waals surface area contributed by atoms with Gasteiger partial charge in [0, 0.05) is 19.6 Å². The number of rotatable bonds is 6. The third-order valence-corrected chi connectivity index (χ3v) is 6.26. The molecule has 3 rings (SSSR count). The van der Waals surface area contributed by atoms with E-state index < -0.39 is 0 Å². The van der Waals surface area contributed by atoms with Crippen LogP contribution in [0.25, 0.3) is 11.4 Å². The van der Waals surface area contributed by atoms with Crippen LogP contribution in [0.15, 0.2) is 29.4 Å². The molecule has 1 aliphatic heterocycles. The van der Waals surface area contributed by atoms with Gasteiger partial charge in [-0.15, -0.1) is 10.2 Å². The van der Waals surface area contributed by atoms with Crippen LogP contribution in [0.4, 0.5) is 4.39 Å². The van der Waals surface area contributed by atoms with Crippen molar-refractivity contribution in [2.45, 2.75) is 58.0 Å². The van der Waals surface area contributed by atoms with Gasteiger partial charge in [0.05, 0.1) is 10.8 Å². The van der Waals surface area contributed by atoms with Crippen LogP contribution in [0, 0.1) is 23.6 Å². The lowest BCUT2D eigenvalue weighted by molar-refractivity contribution is -0.132. The first-order valence-corrected chi connectivity index (χ1v) is 11.3. The Hall–Kier alpha value is -1.89. The summed E-state index contributed by atoms with van der Waals surface area (Å²) in [5.41, 5.74) is 0.435. The summed E-state index contributed by atoms with van der Waals surface area (Å²) in [5.74, 6) is 1.72. The van der Waals surface area contributed by atoms with Crippen LogP contribution in [0.5, 0.6) is 0 Å². The average Bonchev–Trinajstić information content (AvgIpc) is 3.02. The Balaban J connectivity index is 1.83. The number of hydrogen-bond donors (Lipinski definition) is 0. The van der Waals surface area contributed by atoms with Crippen LogP contribution in [0.1, 0.15) is 41.0 Å². The van der Waals surface area contributed by atoms with Gasteiger partial charge in [0.2, 0.25) is 5.91 Å². The zero-order valence-corrected chi connectivity index (χ0v) is 18.7. The molecular weight excluding hydrogens is 387 g/mol. The molecule has 1 fully saturated rings. The first kappa shape index (κ1) is 21.8. The van der Waals surface area contributed by atoms with Crippen molar-refractivity contribution in [3.05, 3.63) is 30.1 Å². The molecule has 2 aromatic rings. The van der Waals surface area contributed by atoms with E-state index in [1.165, 1.54) is 24.2 Å². The van der Waals surface area contributed by atoms with Crippen molar-refractivity contribution in [1.82, 2.24) is 19.7 Å². The van der Waals surface area contributed by atoms with Crippen LogP contribution >= 0.6 is 11.8 Å². The maximum Gasteiger partial charge on any atom is 0.235 e. The largest absolute Gasteiger partial charge is 0.341 e. The van der Waals surface area contributed by atoms with Gasteiger partial charge in [-0.25, -0.2) is 4.39 Å². The van der Waals surface area contributed by atoms with Gasteiger partial charge in [-0.05, 0) is 43.2 Å². The Kier molecular flexibility index (Phi) is 6.98. The lowest BCUT2D eigenvalue weighted by Crippen LogP contribution is -2.45. The van der Waals surface area contributed by atoms with E-state index in [0.717, 1.165) is 13.1 Å². The summed E-state index contributed by atoms with van der Waals surface area (Å²) in [5, 5.41) is 8.99. The molecule has 0 aliphatic carbocycles. The summed E-state index contributed by atoms with van der Waals surface area (Å²) in [4.78, 5) is 15.0. The molecule has 1 saturated heterocycles. The first-order valence-electron chi connectivity index (χ1n) is 10.4. The second-order valence-corrected chi connectivity index (χ2v) is 10.0. The normalized spacial score (nSPS) is 20.9. The lowest BCUT2D eigenvalue weighted by atomic mass is 9.92. The van der Waals surface area contributed by atoms with Crippen LogP contribution in [0.3, 0.4) is 0 Å². The van der Waals surface area contributed by atoms with Crippen molar-refractivity contribution >= 4 is 17.7 Å². The van der Waals surface area contributed by atoms with Crippen molar-refractivity contribution in [3.8, 4) is 11.4 Å². The predicted octanol–water partition coefficient (Wildman–Crippen LogP) is 4.73. The molecule has 0 N–H and O–H groups in total. The maximum absolute atomic E-state index is 14.4. The quantitative estimate of drug-likeness (QED) is 0.637. The number of hydrogen-bond acceptors (Lipinski definition) is 4. The van der Waals surface area contributed by atoms with E-state index in [1.54, 1.807) is 18.2 Å². The first-order chi connectivity index (χ1) is 13.8. The van der Waals surface area contributed by atoms with Crippen molar-refractivity contribution in [2.24, 2.45) is 17.8 Å². The Morgan fingerprint density at radius 1 is 1.17 bits per heavy atom. The number of carbonyl (C=O) groups is 1. The van der Waals surface area contributed by atoms with Gasteiger partial charge in [0.25, 0.3) is 0 Å². The molecule has 1 aromatic heterocycles. The third kappa shape index (κ3) is 5.18. The van der Waals surface area contributed by atoms with Crippen LogP contribution in [0.2, 0.25) is 0 Å². The number of aromatic nitrogens is 3. The van der Waals surface area contributed by atoms with Crippen molar-refractivity contribution in [2.75, 3.05) is 13.1 Å². The molecule has 0 radical (unpaired) electrons. The zero-order valence-electron chi connectivity index (χ0n) is 17.9. The number of amides is 1. The van der Waals surface area contributed by atoms with Crippen molar-refractivity contribution in [3.63, 3.8) is 0 Å². The third-order valence-electron chi connectivity index (χ3n) is 5.19. The van der Waals surface area contributed by atoms with Gasteiger partial charge in [-0.3, -0.25) is 4.79 Å². The Bertz CT molecular complexity index is 843. The van der Waals surface area contributed by atoms with E-state index in [2.05, 4.69) is 37.9 Å². The number of halogens is 1. The standard InChI is InChI=1S/C22H31FN4OS/c1-14(2)11-27-20(18-8-6-7-9-19(18)23)24-25-22(27)29-17(5)21(28)26-12-15(3)10-16(4)13-26/h6-9,14-17H,10-13H2,1-5H3. The monoisotopic (exact) mass is 418 g/mol. The molecule has 158 valence electrons. The van der Waals surface area contributed by atoms with Crippen molar-refractivity contribution < 1.29 is 9.18 Å². The number of piperidine rings is 1. The summed E-state index contributed by atoms with van der Waals surface area (Å²) < 4.78 is 16.3. The van der Waals surface area contributed by atoms with E-state index in [-0.39, 0.29) is 17.0 Å². The molecule has 1 aromatic carbocycles. The number of benzene rings is 1. The minimum Gasteiger partial charge on any atom is -0.341 e. The highest BCUT2D eigenvalue weighted by molar-refractivity contribution is 8.00. The smallest absolute Gasteiger partial charge is 0.235 e. The van der Waals surface area contributed by atoms with Crippen LogP contribution in [-0.2, 0) is 11.3 Å². The fraction of sp³-hybridized carbons (Fsp3) is 0.591. The average molecular weight is 419 g/mol. The van der Waals surface area contributed by atoms with Crippen LogP contribution in [-0.4, -0.2) is 43.9 Å². The molecule has 0 saturated carbocycles. The second kappa shape index (κ2) is 9.28. The van der Waals surface area contributed by atoms with Gasteiger partial charge in [-0.2, -0.15) is 0 Å². The number of likely N-dealkylation sites (tertiary alicyclic amines) is 1. The molecule has 3 unspecified atom stereocenters. The summed E-state index contributed by atoms with van der Waals surface area (Å²) >= 11 is 1.41. The second-order valence-electron chi connectivity index (χ2n) is 8.74. The molecule has 1 aliphatic rings. The van der Waals surface area contributed by atoms with E-state index in [1.807, 2.05) is 16.4 Å². The molecule has 7 heteroatoms. The van der Waals surface area contributed by atoms with Gasteiger partial charge >= 0.3 is 0 Å². The molecule has 2 heterocycles. The van der Waals surface area contributed by atoms with E-state index >= 15 is 0 Å². The molecule has 1 amide bonds. The molecular formula is C22H31FN4OS. The fourth-order valence-corrected chi connectivity index (χ4v) is 5.00. The topological polar surface area (TPSA) is 51.0 Å². The highest BCUT2D eigenvalue weighted by Gasteiger charge is 2.30. The number of carbonyl (C=O) groups excluding carboxylic acids is 1. The maximum atomic E-state index is 14.4. The Morgan fingerprint density at radius 3 is 2.45 bits per heavy atom. The van der Waals surface area contributed by atoms with Crippen LogP contribution < -0.4 is 0 Å². The Morgan fingerprint density at radius 2 is 1.83 bits per heavy atom. The van der Waals surface area contributed by atoms with E-state index in [9.17, 15) is 9.18 Å². The zero-order chi connectivity index (χ0) is 21.1. The minimum absolute atomic E-state index is 0.139. The highest BCUT2D eigenvalue weighted by atomic mass is 32.2. The predicted molar refractivity (Wildman–Crippen MR) is 115 cm³/mol. The summed E-state index contributed by atoms with van der Waals surface area (Å²) in [6, 6.07) is 6.61. The van der Waals surface area contributed by atoms with Crippen molar-refractivity contribution in [1.29, 1.82) is 0 Å². The van der Waals surface area contributed by atoms with E-state index in [4.69, 9.17) is 0 Å². The molecule has 29 heavy (non-hydrogen) atoms. The summed E-state index contributed by atoms with van der Waals surface area (Å²) in [6.07, 6.45) is 1.17. The molecule has 5 nitrogen and oxygen atoms in total. The van der Waals surface area contributed by atoms with Gasteiger partial charge in [-0.1, -0.05) is 51.6 Å². The Labute approximate surface area is 177 Å². The lowest BCUT2D eigenvalue weighted by Gasteiger charge is -2.36. The molecule has 0 spiro atoms. The fourth-order valence-electron chi connectivity index (χ4n) is 4.06. The summed E-state index contributed by atoms with van der Waals surface area (Å²) in [7, 11) is 0. The number of nitrogens with zero attached hydrogens (tertiary/aromatic N) is 4.